The van der Waals surface area contributed by atoms with E-state index in [0.717, 1.165) is 0 Å². The Hall–Kier alpha value is -0.160. The van der Waals surface area contributed by atoms with Gasteiger partial charge in [0.1, 0.15) is 0 Å². The highest BCUT2D eigenvalue weighted by atomic mass is 17.0. The van der Waals surface area contributed by atoms with Gasteiger partial charge in [-0.1, -0.05) is 7.43 Å². The molecule has 0 saturated carbocycles. The Bertz CT molecular complexity index is 9.65. The van der Waals surface area contributed by atoms with Crippen LogP contribution < -0.4 is 0 Å². The number of hydrogen-bond acceptors (Lipinski definition) is 2. The molecule has 4 nitrogen and oxygen atoms in total. The molecule has 0 aromatic carbocycles. The van der Waals surface area contributed by atoms with Crippen molar-refractivity contribution in [2.24, 2.45) is 0 Å². The molecule has 0 heterocycles. The summed E-state index contributed by atoms with van der Waals surface area (Å²) in [5.41, 5.74) is 0. The van der Waals surface area contributed by atoms with Crippen LogP contribution in [0.4, 0.5) is 0 Å². The third-order valence-corrected chi connectivity index (χ3v) is 0. The second kappa shape index (κ2) is 1210. The molecule has 0 atom stereocenters. The maximum atomic E-state index is 6.00. The van der Waals surface area contributed by atoms with Crippen LogP contribution in [0.5, 0.6) is 0 Å². The van der Waals surface area contributed by atoms with Crippen LogP contribution in [0.1, 0.15) is 10.3 Å². The highest BCUT2D eigenvalue weighted by Gasteiger charge is 0.745. The minimum atomic E-state index is 0. The number of rotatable bonds is 0. The van der Waals surface area contributed by atoms with Gasteiger partial charge < -0.3 is 11.0 Å². The quantitative estimate of drug-likeness (QED) is 0.310. The topological polar surface area (TPSA) is 103 Å². The Labute approximate surface area is 33.2 Å². The molecule has 0 aromatic heterocycles. The van der Waals surface area contributed by atoms with E-state index >= 15 is 0 Å². The third kappa shape index (κ3) is 508. The summed E-state index contributed by atoms with van der Waals surface area (Å²) in [5, 5.41) is 12.0. The monoisotopic (exact) mass is 91.1 g/mol. The van der Waals surface area contributed by atoms with Crippen LogP contribution in [-0.4, -0.2) is 21.5 Å². The summed E-state index contributed by atoms with van der Waals surface area (Å²) in [7, 11) is 0. The van der Waals surface area contributed by atoms with E-state index < -0.39 is 0 Å². The van der Waals surface area contributed by atoms with Gasteiger partial charge in [0.25, 0.3) is 0 Å². The molecule has 0 aliphatic rings. The van der Waals surface area contributed by atoms with Gasteiger partial charge in [-0.15, -0.1) is 0 Å². The van der Waals surface area contributed by atoms with Gasteiger partial charge in [0.2, 0.25) is 0 Å². The molecule has 0 spiro atoms. The molecule has 0 aliphatic heterocycles. The SMILES string of the molecule is C.O.O.OO.[2HH].[HH]. The summed E-state index contributed by atoms with van der Waals surface area (Å²) in [6, 6.07) is 0. The first-order chi connectivity index (χ1) is 1.00. The highest BCUT2D eigenvalue weighted by molar-refractivity contribution is 2.50. The Kier molecular flexibility index (Phi) is 24500. The van der Waals surface area contributed by atoms with Gasteiger partial charge in [-0.2, -0.15) is 0 Å². The second-order valence-electron chi connectivity index (χ2n) is 0. The average molecular weight is 91.1 g/mol. The van der Waals surface area contributed by atoms with Crippen molar-refractivity contribution in [2.45, 2.75) is 7.43 Å². The molecule has 0 unspecified atom stereocenters. The molecule has 4 heteroatoms. The van der Waals surface area contributed by atoms with E-state index in [1.807, 2.05) is 0 Å². The van der Waals surface area contributed by atoms with Gasteiger partial charge >= 0.3 is 0 Å². The highest BCUT2D eigenvalue weighted by Crippen LogP contribution is 0.711. The Balaban J connectivity index is -0.000000000500. The van der Waals surface area contributed by atoms with E-state index in [0.29, 0.717) is 0 Å². The van der Waals surface area contributed by atoms with Crippen molar-refractivity contribution in [3.63, 3.8) is 0 Å². The fourth-order valence-electron chi connectivity index (χ4n) is 0. The van der Waals surface area contributed by atoms with E-state index in [2.05, 4.69) is 0 Å². The fraction of sp³-hybridized carbons (Fsp3) is 1.00. The molecule has 0 fully saturated rings. The molecule has 6 N–H and O–H groups in total. The summed E-state index contributed by atoms with van der Waals surface area (Å²) in [6.45, 7) is 0. The van der Waals surface area contributed by atoms with E-state index in [-0.39, 0.29) is 21.2 Å². The summed E-state index contributed by atoms with van der Waals surface area (Å²) in [5.74, 6) is 0. The predicted octanol–water partition coefficient (Wildman–Crippen LogP) is -0.504. The van der Waals surface area contributed by atoms with Crippen LogP contribution in [0.3, 0.4) is 0 Å². The second-order valence-corrected chi connectivity index (χ2v) is 0. The smallest absolute Gasteiger partial charge is 0 e. The Morgan fingerprint density at radius 2 is 1.20 bits per heavy atom. The van der Waals surface area contributed by atoms with E-state index in [1.54, 1.807) is 0 Å². The summed E-state index contributed by atoms with van der Waals surface area (Å²) >= 11 is 0. The van der Waals surface area contributed by atoms with Crippen LogP contribution in [0.25, 0.3) is 0 Å². The van der Waals surface area contributed by atoms with Gasteiger partial charge in [0.05, 0.1) is 0 Å². The minimum Gasteiger partial charge on any atom is -0.412 e. The average Bonchev–Trinajstić information content (AvgIpc) is 1.00. The first-order valence-electron chi connectivity index (χ1n) is 0.200. The van der Waals surface area contributed by atoms with Crippen molar-refractivity contribution in [3.8, 4) is 0 Å². The number of hydrogen-bond donors (Lipinski definition) is 2. The molecular weight excluding hydrogens is 76.0 g/mol. The lowest BCUT2D eigenvalue weighted by Gasteiger charge is -1.25. The summed E-state index contributed by atoms with van der Waals surface area (Å²) in [6.07, 6.45) is 0. The van der Waals surface area contributed by atoms with Crippen LogP contribution in [-0.2, 0) is 0 Å². The Morgan fingerprint density at radius 3 is 1.20 bits per heavy atom. The zero-order valence-corrected chi connectivity index (χ0v) is 1.89. The molecule has 0 amide bonds. The molecule has 0 radical (unpaired) electrons. The first-order valence-corrected chi connectivity index (χ1v) is 0.200. The third-order valence-electron chi connectivity index (χ3n) is 0. The Morgan fingerprint density at radius 1 is 1.20 bits per heavy atom. The summed E-state index contributed by atoms with van der Waals surface area (Å²) < 4.78 is 0. The first kappa shape index (κ1) is 101. The minimum absolute atomic E-state index is 0. The molecule has 42 valence electrons. The maximum absolute atomic E-state index is 6.00. The lowest BCUT2D eigenvalue weighted by molar-refractivity contribution is -0.176. The molecule has 0 aliphatic carbocycles. The molecule has 5 heavy (non-hydrogen) atoms. The lowest BCUT2D eigenvalue weighted by Crippen LogP contribution is -1.29. The standard InChI is InChI=1S/CH4.H2O2.2H2O.2H2/c;1-2;;;;/h1H4;1-2H;2*1H2;2*1H/i;;;;1+1;. The van der Waals surface area contributed by atoms with Crippen molar-refractivity contribution >= 4 is 0 Å². The summed E-state index contributed by atoms with van der Waals surface area (Å²) in [4.78, 5) is 0. The molecule has 0 saturated heterocycles. The zero-order chi connectivity index (χ0) is 2.00. The largest absolute Gasteiger partial charge is 0.412 e. The molecule has 0 aromatic rings. The van der Waals surface area contributed by atoms with Crippen molar-refractivity contribution in [2.75, 3.05) is 0 Å². The lowest BCUT2D eigenvalue weighted by atomic mass is 12.0. The van der Waals surface area contributed by atoms with Crippen molar-refractivity contribution in [1.29, 1.82) is 0 Å². The van der Waals surface area contributed by atoms with E-state index in [9.17, 15) is 0 Å². The van der Waals surface area contributed by atoms with Crippen molar-refractivity contribution in [3.05, 3.63) is 0 Å². The van der Waals surface area contributed by atoms with Crippen LogP contribution in [0.2, 0.25) is 0 Å². The van der Waals surface area contributed by atoms with Crippen LogP contribution in [0, 0.1) is 0 Å². The van der Waals surface area contributed by atoms with Crippen molar-refractivity contribution < 1.29 is 24.3 Å². The zero-order valence-electron chi connectivity index (χ0n) is 1.89. The van der Waals surface area contributed by atoms with E-state index in [1.165, 1.54) is 0 Å². The molecular formula is CH14O4. The van der Waals surface area contributed by atoms with Crippen LogP contribution >= 0.6 is 0 Å². The van der Waals surface area contributed by atoms with Gasteiger partial charge in [0.15, 0.2) is 0 Å². The maximum Gasteiger partial charge on any atom is 0 e. The van der Waals surface area contributed by atoms with Gasteiger partial charge in [-0.3, -0.25) is 10.5 Å². The normalized spacial score (nSPS) is 1.20. The van der Waals surface area contributed by atoms with Gasteiger partial charge in [-0.05, 0) is 0 Å². The van der Waals surface area contributed by atoms with Gasteiger partial charge in [-0.25, -0.2) is 0 Å². The predicted molar refractivity (Wildman–Crippen MR) is 23.4 cm³/mol. The van der Waals surface area contributed by atoms with Crippen LogP contribution in [0.15, 0.2) is 0 Å². The fourth-order valence-corrected chi connectivity index (χ4v) is 0. The molecule has 0 bridgehead atoms. The molecule has 0 rings (SSSR count). The van der Waals surface area contributed by atoms with Gasteiger partial charge in [0, 0.05) is 2.85 Å². The van der Waals surface area contributed by atoms with E-state index in [4.69, 9.17) is 10.5 Å². The van der Waals surface area contributed by atoms with Crippen molar-refractivity contribution in [1.82, 2.24) is 0 Å².